The van der Waals surface area contributed by atoms with Crippen LogP contribution in [0.5, 0.6) is 0 Å². The molecule has 5 nitrogen and oxygen atoms in total. The molecule has 0 aliphatic heterocycles. The number of hydrogen-bond donors (Lipinski definition) is 2. The summed E-state index contributed by atoms with van der Waals surface area (Å²) in [5, 5.41) is 11.4. The smallest absolute Gasteiger partial charge is 0.326 e. The summed E-state index contributed by atoms with van der Waals surface area (Å²) in [6, 6.07) is -1.16. The van der Waals surface area contributed by atoms with E-state index in [2.05, 4.69) is 5.32 Å². The Morgan fingerprint density at radius 1 is 1.40 bits per heavy atom. The second-order valence-corrected chi connectivity index (χ2v) is 3.93. The minimum absolute atomic E-state index is 0.124. The first-order valence-electron chi connectivity index (χ1n) is 5.14. The Hall–Kier alpha value is -1.26. The second kappa shape index (κ2) is 6.27. The van der Waals surface area contributed by atoms with E-state index in [4.69, 9.17) is 5.11 Å². The van der Waals surface area contributed by atoms with Crippen LogP contribution in [-0.4, -0.2) is 41.6 Å². The average Bonchev–Trinajstić information content (AvgIpc) is 2.12. The van der Waals surface area contributed by atoms with Gasteiger partial charge in [-0.05, 0) is 12.3 Å². The van der Waals surface area contributed by atoms with E-state index < -0.39 is 12.0 Å². The molecular formula is C10H20N2O3. The van der Waals surface area contributed by atoms with Crippen molar-refractivity contribution in [3.8, 4) is 0 Å². The first-order valence-corrected chi connectivity index (χ1v) is 5.14. The van der Waals surface area contributed by atoms with Crippen molar-refractivity contribution in [2.24, 2.45) is 5.92 Å². The lowest BCUT2D eigenvalue weighted by molar-refractivity contribution is -0.140. The highest BCUT2D eigenvalue weighted by molar-refractivity contribution is 5.82. The molecule has 0 radical (unpaired) electrons. The number of urea groups is 1. The maximum atomic E-state index is 11.5. The predicted molar refractivity (Wildman–Crippen MR) is 57.7 cm³/mol. The largest absolute Gasteiger partial charge is 0.480 e. The zero-order valence-corrected chi connectivity index (χ0v) is 9.78. The molecule has 0 aliphatic carbocycles. The van der Waals surface area contributed by atoms with Gasteiger partial charge < -0.3 is 15.3 Å². The molecule has 0 aliphatic rings. The summed E-state index contributed by atoms with van der Waals surface area (Å²) in [4.78, 5) is 23.8. The van der Waals surface area contributed by atoms with Crippen LogP contribution in [0.2, 0.25) is 0 Å². The molecule has 0 aromatic carbocycles. The van der Waals surface area contributed by atoms with Crippen molar-refractivity contribution in [2.45, 2.75) is 33.2 Å². The van der Waals surface area contributed by atoms with Gasteiger partial charge in [0, 0.05) is 13.6 Å². The normalized spacial score (nSPS) is 12.3. The van der Waals surface area contributed by atoms with Crippen LogP contribution < -0.4 is 5.32 Å². The number of nitrogens with one attached hydrogen (secondary N) is 1. The van der Waals surface area contributed by atoms with E-state index in [1.807, 2.05) is 6.92 Å². The zero-order chi connectivity index (χ0) is 12.0. The molecule has 0 saturated carbocycles. The number of hydrogen-bond acceptors (Lipinski definition) is 2. The van der Waals surface area contributed by atoms with Crippen LogP contribution in [0.1, 0.15) is 27.2 Å². The van der Waals surface area contributed by atoms with Crippen molar-refractivity contribution in [1.82, 2.24) is 10.2 Å². The van der Waals surface area contributed by atoms with Crippen molar-refractivity contribution in [3.05, 3.63) is 0 Å². The standard InChI is InChI=1S/C10H20N2O3/c1-5-6-12(4)10(15)11-8(7(2)3)9(13)14/h7-8H,5-6H2,1-4H3,(H,11,15)(H,13,14)/t8-/m1/s1. The summed E-state index contributed by atoms with van der Waals surface area (Å²) < 4.78 is 0. The molecule has 0 bridgehead atoms. The Morgan fingerprint density at radius 2 is 1.93 bits per heavy atom. The molecule has 0 rings (SSSR count). The van der Waals surface area contributed by atoms with Crippen LogP contribution in [0.25, 0.3) is 0 Å². The number of nitrogens with zero attached hydrogens (tertiary/aromatic N) is 1. The van der Waals surface area contributed by atoms with E-state index in [-0.39, 0.29) is 11.9 Å². The van der Waals surface area contributed by atoms with Crippen molar-refractivity contribution in [3.63, 3.8) is 0 Å². The third-order valence-corrected chi connectivity index (χ3v) is 2.12. The second-order valence-electron chi connectivity index (χ2n) is 3.93. The fraction of sp³-hybridized carbons (Fsp3) is 0.800. The number of amides is 2. The van der Waals surface area contributed by atoms with E-state index in [0.29, 0.717) is 6.54 Å². The third-order valence-electron chi connectivity index (χ3n) is 2.12. The minimum Gasteiger partial charge on any atom is -0.480 e. The highest BCUT2D eigenvalue weighted by Gasteiger charge is 2.24. The quantitative estimate of drug-likeness (QED) is 0.724. The Kier molecular flexibility index (Phi) is 5.74. The van der Waals surface area contributed by atoms with Crippen LogP contribution in [0, 0.1) is 5.92 Å². The molecule has 0 fully saturated rings. The topological polar surface area (TPSA) is 69.6 Å². The fourth-order valence-corrected chi connectivity index (χ4v) is 1.19. The molecule has 88 valence electrons. The van der Waals surface area contributed by atoms with Gasteiger partial charge in [-0.25, -0.2) is 9.59 Å². The lowest BCUT2D eigenvalue weighted by Gasteiger charge is -2.22. The lowest BCUT2D eigenvalue weighted by atomic mass is 10.1. The van der Waals surface area contributed by atoms with Crippen LogP contribution in [-0.2, 0) is 4.79 Å². The Morgan fingerprint density at radius 3 is 2.27 bits per heavy atom. The number of aliphatic carboxylic acids is 1. The first-order chi connectivity index (χ1) is 6.90. The van der Waals surface area contributed by atoms with E-state index in [1.54, 1.807) is 20.9 Å². The zero-order valence-electron chi connectivity index (χ0n) is 9.78. The van der Waals surface area contributed by atoms with E-state index >= 15 is 0 Å². The van der Waals surface area contributed by atoms with Crippen LogP contribution in [0.15, 0.2) is 0 Å². The number of carbonyl (C=O) groups excluding carboxylic acids is 1. The van der Waals surface area contributed by atoms with Crippen molar-refractivity contribution < 1.29 is 14.7 Å². The molecule has 0 aromatic rings. The number of rotatable bonds is 5. The van der Waals surface area contributed by atoms with E-state index in [1.165, 1.54) is 4.90 Å². The molecule has 2 amide bonds. The summed E-state index contributed by atoms with van der Waals surface area (Å²) in [5.74, 6) is -1.12. The van der Waals surface area contributed by atoms with Crippen LogP contribution in [0.3, 0.4) is 0 Å². The fourth-order valence-electron chi connectivity index (χ4n) is 1.19. The number of carboxylic acids is 1. The molecule has 0 unspecified atom stereocenters. The summed E-state index contributed by atoms with van der Waals surface area (Å²) in [6.45, 7) is 6.11. The van der Waals surface area contributed by atoms with Crippen LogP contribution in [0.4, 0.5) is 4.79 Å². The van der Waals surface area contributed by atoms with Crippen molar-refractivity contribution >= 4 is 12.0 Å². The molecule has 0 spiro atoms. The molecule has 2 N–H and O–H groups in total. The van der Waals surface area contributed by atoms with Gasteiger partial charge in [-0.3, -0.25) is 0 Å². The molecule has 15 heavy (non-hydrogen) atoms. The summed E-state index contributed by atoms with van der Waals surface area (Å²) in [7, 11) is 1.65. The molecule has 0 saturated heterocycles. The van der Waals surface area contributed by atoms with Gasteiger partial charge in [0.15, 0.2) is 0 Å². The Bertz CT molecular complexity index is 229. The van der Waals surface area contributed by atoms with Crippen molar-refractivity contribution in [2.75, 3.05) is 13.6 Å². The van der Waals surface area contributed by atoms with Gasteiger partial charge in [-0.1, -0.05) is 20.8 Å². The number of carbonyl (C=O) groups is 2. The summed E-state index contributed by atoms with van der Waals surface area (Å²) in [5.41, 5.74) is 0. The highest BCUT2D eigenvalue weighted by Crippen LogP contribution is 2.02. The van der Waals surface area contributed by atoms with Crippen LogP contribution >= 0.6 is 0 Å². The number of carboxylic acid groups (broad SMARTS) is 1. The molecule has 5 heteroatoms. The monoisotopic (exact) mass is 216 g/mol. The Balaban J connectivity index is 4.29. The van der Waals surface area contributed by atoms with Gasteiger partial charge in [-0.15, -0.1) is 0 Å². The first kappa shape index (κ1) is 13.7. The maximum absolute atomic E-state index is 11.5. The molecule has 1 atom stereocenters. The van der Waals surface area contributed by atoms with Gasteiger partial charge in [0.05, 0.1) is 0 Å². The predicted octanol–water partition coefficient (Wildman–Crippen LogP) is 1.15. The molecular weight excluding hydrogens is 196 g/mol. The molecule has 0 heterocycles. The highest BCUT2D eigenvalue weighted by atomic mass is 16.4. The SMILES string of the molecule is CCCN(C)C(=O)N[C@@H](C(=O)O)C(C)C. The third kappa shape index (κ3) is 4.67. The van der Waals surface area contributed by atoms with E-state index in [0.717, 1.165) is 6.42 Å². The molecule has 0 aromatic heterocycles. The summed E-state index contributed by atoms with van der Waals surface area (Å²) in [6.07, 6.45) is 0.851. The van der Waals surface area contributed by atoms with Gasteiger partial charge in [0.2, 0.25) is 0 Å². The van der Waals surface area contributed by atoms with Crippen molar-refractivity contribution in [1.29, 1.82) is 0 Å². The summed E-state index contributed by atoms with van der Waals surface area (Å²) >= 11 is 0. The minimum atomic E-state index is -0.997. The van der Waals surface area contributed by atoms with E-state index in [9.17, 15) is 9.59 Å². The van der Waals surface area contributed by atoms with Gasteiger partial charge in [0.1, 0.15) is 6.04 Å². The van der Waals surface area contributed by atoms with Gasteiger partial charge in [0.25, 0.3) is 0 Å². The maximum Gasteiger partial charge on any atom is 0.326 e. The van der Waals surface area contributed by atoms with Gasteiger partial charge in [-0.2, -0.15) is 0 Å². The lowest BCUT2D eigenvalue weighted by Crippen LogP contribution is -2.49. The Labute approximate surface area is 90.5 Å². The average molecular weight is 216 g/mol. The van der Waals surface area contributed by atoms with Gasteiger partial charge >= 0.3 is 12.0 Å².